The minimum Gasteiger partial charge on any atom is -0.496 e. The van der Waals surface area contributed by atoms with Crippen LogP contribution in [0.2, 0.25) is 0 Å². The van der Waals surface area contributed by atoms with Crippen LogP contribution in [0, 0.1) is 23.2 Å². The Labute approximate surface area is 136 Å². The van der Waals surface area contributed by atoms with Gasteiger partial charge in [0.15, 0.2) is 0 Å². The van der Waals surface area contributed by atoms with E-state index in [2.05, 4.69) is 29.8 Å². The highest BCUT2D eigenvalue weighted by Gasteiger charge is 2.28. The lowest BCUT2D eigenvalue weighted by Gasteiger charge is -2.34. The third-order valence-corrected chi connectivity index (χ3v) is 4.21. The van der Waals surface area contributed by atoms with Crippen LogP contribution in [0.3, 0.4) is 0 Å². The molecular formula is C18H21N3O2. The first-order valence-corrected chi connectivity index (χ1v) is 7.91. The molecule has 1 aromatic carbocycles. The van der Waals surface area contributed by atoms with Crippen LogP contribution in [-0.2, 0) is 0 Å². The molecule has 2 atom stereocenters. The number of aromatic nitrogens is 1. The van der Waals surface area contributed by atoms with Crippen molar-refractivity contribution in [1.82, 2.24) is 4.98 Å². The standard InChI is InChI=1S/C18H21N3O2/c1-12-8-13(2)11-21(10-12)18-15(9-19)20-17(23-18)14-6-4-5-7-16(14)22-3/h4-7,12-13H,8,10-11H2,1-3H3/t12-,13+. The van der Waals surface area contributed by atoms with Gasteiger partial charge in [0.1, 0.15) is 11.8 Å². The fraction of sp³-hybridized carbons (Fsp3) is 0.444. The van der Waals surface area contributed by atoms with Gasteiger partial charge in [-0.2, -0.15) is 10.2 Å². The van der Waals surface area contributed by atoms with Crippen LogP contribution in [0.1, 0.15) is 26.0 Å². The Balaban J connectivity index is 2.00. The number of benzene rings is 1. The van der Waals surface area contributed by atoms with Gasteiger partial charge in [0.05, 0.1) is 12.7 Å². The number of anilines is 1. The summed E-state index contributed by atoms with van der Waals surface area (Å²) in [5, 5.41) is 9.44. The summed E-state index contributed by atoms with van der Waals surface area (Å²) in [4.78, 5) is 6.53. The Morgan fingerprint density at radius 2 is 1.96 bits per heavy atom. The van der Waals surface area contributed by atoms with Crippen molar-refractivity contribution in [3.8, 4) is 23.3 Å². The van der Waals surface area contributed by atoms with E-state index < -0.39 is 0 Å². The Morgan fingerprint density at radius 1 is 1.26 bits per heavy atom. The Kier molecular flexibility index (Phi) is 4.24. The quantitative estimate of drug-likeness (QED) is 0.864. The zero-order valence-electron chi connectivity index (χ0n) is 13.7. The summed E-state index contributed by atoms with van der Waals surface area (Å²) in [6.45, 7) is 6.23. The lowest BCUT2D eigenvalue weighted by atomic mass is 9.92. The molecule has 23 heavy (non-hydrogen) atoms. The van der Waals surface area contributed by atoms with E-state index in [4.69, 9.17) is 9.15 Å². The maximum atomic E-state index is 9.44. The van der Waals surface area contributed by atoms with Crippen LogP contribution in [0.25, 0.3) is 11.5 Å². The van der Waals surface area contributed by atoms with Crippen molar-refractivity contribution < 1.29 is 9.15 Å². The van der Waals surface area contributed by atoms with E-state index in [1.165, 1.54) is 6.42 Å². The molecule has 0 N–H and O–H groups in total. The molecule has 120 valence electrons. The van der Waals surface area contributed by atoms with E-state index >= 15 is 0 Å². The second-order valence-electron chi connectivity index (χ2n) is 6.34. The van der Waals surface area contributed by atoms with E-state index in [9.17, 15) is 5.26 Å². The van der Waals surface area contributed by atoms with Crippen molar-refractivity contribution in [3.05, 3.63) is 30.0 Å². The van der Waals surface area contributed by atoms with Gasteiger partial charge in [0.2, 0.25) is 17.5 Å². The van der Waals surface area contributed by atoms with Crippen molar-refractivity contribution in [2.75, 3.05) is 25.1 Å². The highest BCUT2D eigenvalue weighted by Crippen LogP contribution is 2.35. The summed E-state index contributed by atoms with van der Waals surface area (Å²) in [5.74, 6) is 2.84. The molecule has 0 radical (unpaired) electrons. The molecule has 5 nitrogen and oxygen atoms in total. The van der Waals surface area contributed by atoms with E-state index in [1.807, 2.05) is 24.3 Å². The Morgan fingerprint density at radius 3 is 2.61 bits per heavy atom. The predicted molar refractivity (Wildman–Crippen MR) is 88.4 cm³/mol. The van der Waals surface area contributed by atoms with E-state index in [1.54, 1.807) is 7.11 Å². The minimum atomic E-state index is 0.340. The van der Waals surface area contributed by atoms with Crippen LogP contribution in [0.4, 0.5) is 5.88 Å². The van der Waals surface area contributed by atoms with Gasteiger partial charge in [-0.25, -0.2) is 0 Å². The fourth-order valence-corrected chi connectivity index (χ4v) is 3.36. The van der Waals surface area contributed by atoms with Crippen LogP contribution in [-0.4, -0.2) is 25.2 Å². The number of ether oxygens (including phenoxy) is 1. The highest BCUT2D eigenvalue weighted by atomic mass is 16.5. The summed E-state index contributed by atoms with van der Waals surface area (Å²) in [6.07, 6.45) is 1.20. The van der Waals surface area contributed by atoms with Gasteiger partial charge in [-0.1, -0.05) is 26.0 Å². The van der Waals surface area contributed by atoms with Gasteiger partial charge in [-0.3, -0.25) is 0 Å². The maximum Gasteiger partial charge on any atom is 0.235 e. The topological polar surface area (TPSA) is 62.3 Å². The van der Waals surface area contributed by atoms with Crippen LogP contribution >= 0.6 is 0 Å². The SMILES string of the molecule is COc1ccccc1-c1nc(C#N)c(N2C[C@H](C)C[C@H](C)C2)o1. The Bertz CT molecular complexity index is 722. The molecule has 1 aromatic heterocycles. The monoisotopic (exact) mass is 311 g/mol. The largest absolute Gasteiger partial charge is 0.496 e. The summed E-state index contributed by atoms with van der Waals surface area (Å²) >= 11 is 0. The zero-order chi connectivity index (χ0) is 16.4. The van der Waals surface area contributed by atoms with E-state index in [0.717, 1.165) is 18.7 Å². The van der Waals surface area contributed by atoms with Crippen molar-refractivity contribution >= 4 is 5.88 Å². The smallest absolute Gasteiger partial charge is 0.235 e. The summed E-state index contributed by atoms with van der Waals surface area (Å²) in [5.41, 5.74) is 1.10. The molecular weight excluding hydrogens is 290 g/mol. The van der Waals surface area contributed by atoms with Crippen LogP contribution in [0.15, 0.2) is 28.7 Å². The number of nitrogens with zero attached hydrogens (tertiary/aromatic N) is 3. The molecule has 0 unspecified atom stereocenters. The number of rotatable bonds is 3. The average molecular weight is 311 g/mol. The molecule has 3 rings (SSSR count). The van der Waals surface area contributed by atoms with Gasteiger partial charge in [-0.05, 0) is 30.4 Å². The number of para-hydroxylation sites is 1. The van der Waals surface area contributed by atoms with Gasteiger partial charge in [-0.15, -0.1) is 0 Å². The lowest BCUT2D eigenvalue weighted by Crippen LogP contribution is -2.38. The van der Waals surface area contributed by atoms with Crippen molar-refractivity contribution in [2.24, 2.45) is 11.8 Å². The first-order valence-electron chi connectivity index (χ1n) is 7.91. The Hall–Kier alpha value is -2.48. The maximum absolute atomic E-state index is 9.44. The van der Waals surface area contributed by atoms with Gasteiger partial charge >= 0.3 is 0 Å². The molecule has 2 heterocycles. The van der Waals surface area contributed by atoms with E-state index in [-0.39, 0.29) is 0 Å². The van der Waals surface area contributed by atoms with Crippen LogP contribution < -0.4 is 9.64 Å². The third kappa shape index (κ3) is 3.02. The molecule has 0 spiro atoms. The van der Waals surface area contributed by atoms with Crippen molar-refractivity contribution in [3.63, 3.8) is 0 Å². The van der Waals surface area contributed by atoms with Crippen LogP contribution in [0.5, 0.6) is 5.75 Å². The number of hydrogen-bond donors (Lipinski definition) is 0. The van der Waals surface area contributed by atoms with Gasteiger partial charge < -0.3 is 14.1 Å². The third-order valence-electron chi connectivity index (χ3n) is 4.21. The number of hydrogen-bond acceptors (Lipinski definition) is 5. The molecule has 2 aromatic rings. The summed E-state index contributed by atoms with van der Waals surface area (Å²) < 4.78 is 11.3. The summed E-state index contributed by atoms with van der Waals surface area (Å²) in [7, 11) is 1.61. The summed E-state index contributed by atoms with van der Waals surface area (Å²) in [6, 6.07) is 9.70. The molecule has 0 bridgehead atoms. The molecule has 1 aliphatic rings. The molecule has 0 amide bonds. The average Bonchev–Trinajstić information content (AvgIpc) is 2.98. The zero-order valence-corrected chi connectivity index (χ0v) is 13.7. The van der Waals surface area contributed by atoms with E-state index in [0.29, 0.717) is 35.1 Å². The molecule has 1 aliphatic heterocycles. The number of oxazole rings is 1. The second kappa shape index (κ2) is 6.33. The number of nitriles is 1. The molecule has 0 aliphatic carbocycles. The predicted octanol–water partition coefficient (Wildman–Crippen LogP) is 3.70. The normalized spacial score (nSPS) is 21.0. The number of piperidine rings is 1. The van der Waals surface area contributed by atoms with Crippen molar-refractivity contribution in [2.45, 2.75) is 20.3 Å². The second-order valence-corrected chi connectivity index (χ2v) is 6.34. The van der Waals surface area contributed by atoms with Gasteiger partial charge in [0, 0.05) is 13.1 Å². The first-order chi connectivity index (χ1) is 11.1. The minimum absolute atomic E-state index is 0.340. The first kappa shape index (κ1) is 15.4. The molecule has 5 heteroatoms. The molecule has 1 saturated heterocycles. The number of methoxy groups -OCH3 is 1. The lowest BCUT2D eigenvalue weighted by molar-refractivity contribution is 0.344. The molecule has 0 saturated carbocycles. The van der Waals surface area contributed by atoms with Gasteiger partial charge in [0.25, 0.3) is 0 Å². The fourth-order valence-electron chi connectivity index (χ4n) is 3.36. The molecule has 1 fully saturated rings. The highest BCUT2D eigenvalue weighted by molar-refractivity contribution is 5.65. The van der Waals surface area contributed by atoms with Crippen molar-refractivity contribution in [1.29, 1.82) is 5.26 Å².